The number of amides is 1. The maximum atomic E-state index is 13.4. The number of benzene rings is 2. The van der Waals surface area contributed by atoms with E-state index < -0.39 is 15.4 Å². The van der Waals surface area contributed by atoms with E-state index in [4.69, 9.17) is 14.2 Å². The Morgan fingerprint density at radius 1 is 1.03 bits per heavy atom. The second kappa shape index (κ2) is 9.79. The zero-order valence-corrected chi connectivity index (χ0v) is 19.7. The average molecular weight is 463 g/mol. The van der Waals surface area contributed by atoms with Crippen molar-refractivity contribution in [3.63, 3.8) is 0 Å². The molecule has 0 aromatic heterocycles. The normalized spacial score (nSPS) is 19.2. The monoisotopic (exact) mass is 462 g/mol. The van der Waals surface area contributed by atoms with Crippen LogP contribution >= 0.6 is 0 Å². The fourth-order valence-corrected chi connectivity index (χ4v) is 5.62. The molecule has 0 saturated carbocycles. The SMILES string of the molecule is COc1ccc(CNC(=O)[C@@]2(C)CCCN(S(=O)(=O)c3cc(OC)ccc3OC)C2)cc1. The lowest BCUT2D eigenvalue weighted by Crippen LogP contribution is -2.51. The maximum absolute atomic E-state index is 13.4. The summed E-state index contributed by atoms with van der Waals surface area (Å²) in [4.78, 5) is 13.1. The van der Waals surface area contributed by atoms with Gasteiger partial charge in [0.2, 0.25) is 15.9 Å². The molecule has 0 spiro atoms. The smallest absolute Gasteiger partial charge is 0.246 e. The Bertz CT molecular complexity index is 1050. The molecule has 3 rings (SSSR count). The van der Waals surface area contributed by atoms with Gasteiger partial charge in [0.1, 0.15) is 22.1 Å². The van der Waals surface area contributed by atoms with Gasteiger partial charge < -0.3 is 19.5 Å². The van der Waals surface area contributed by atoms with Crippen molar-refractivity contribution in [3.05, 3.63) is 48.0 Å². The molecule has 32 heavy (non-hydrogen) atoms. The molecule has 1 aliphatic rings. The van der Waals surface area contributed by atoms with Gasteiger partial charge in [0.25, 0.3) is 0 Å². The van der Waals surface area contributed by atoms with E-state index in [1.807, 2.05) is 24.3 Å². The van der Waals surface area contributed by atoms with Crippen molar-refractivity contribution >= 4 is 15.9 Å². The van der Waals surface area contributed by atoms with Crippen LogP contribution in [0.1, 0.15) is 25.3 Å². The third-order valence-corrected chi connectivity index (χ3v) is 7.68. The van der Waals surface area contributed by atoms with Gasteiger partial charge in [0.05, 0.1) is 26.7 Å². The molecule has 174 valence electrons. The summed E-state index contributed by atoms with van der Waals surface area (Å²) in [5, 5.41) is 2.95. The lowest BCUT2D eigenvalue weighted by molar-refractivity contribution is -0.132. The number of carbonyl (C=O) groups excluding carboxylic acids is 1. The molecule has 1 amide bonds. The van der Waals surface area contributed by atoms with Crippen molar-refractivity contribution in [3.8, 4) is 17.2 Å². The maximum Gasteiger partial charge on any atom is 0.246 e. The summed E-state index contributed by atoms with van der Waals surface area (Å²) < 4.78 is 43.8. The molecule has 0 unspecified atom stereocenters. The molecular weight excluding hydrogens is 432 g/mol. The largest absolute Gasteiger partial charge is 0.497 e. The zero-order valence-electron chi connectivity index (χ0n) is 18.9. The molecule has 1 aliphatic heterocycles. The predicted octanol–water partition coefficient (Wildman–Crippen LogP) is 2.82. The first-order valence-corrected chi connectivity index (χ1v) is 11.8. The Kier molecular flexibility index (Phi) is 7.30. The molecule has 2 aromatic rings. The topological polar surface area (TPSA) is 94.2 Å². The highest BCUT2D eigenvalue weighted by atomic mass is 32.2. The summed E-state index contributed by atoms with van der Waals surface area (Å²) in [6.45, 7) is 2.59. The van der Waals surface area contributed by atoms with Crippen molar-refractivity contribution in [1.82, 2.24) is 9.62 Å². The van der Waals surface area contributed by atoms with Crippen LogP contribution in [-0.2, 0) is 21.4 Å². The van der Waals surface area contributed by atoms with Gasteiger partial charge in [0.15, 0.2) is 0 Å². The Balaban J connectivity index is 1.76. The Morgan fingerprint density at radius 2 is 1.69 bits per heavy atom. The molecule has 0 radical (unpaired) electrons. The Labute approximate surface area is 189 Å². The van der Waals surface area contributed by atoms with E-state index in [9.17, 15) is 13.2 Å². The molecule has 9 heteroatoms. The van der Waals surface area contributed by atoms with Gasteiger partial charge in [-0.15, -0.1) is 0 Å². The first-order chi connectivity index (χ1) is 15.2. The molecular formula is C23H30N2O6S. The van der Waals surface area contributed by atoms with Crippen molar-refractivity contribution in [2.24, 2.45) is 5.41 Å². The fraction of sp³-hybridized carbons (Fsp3) is 0.435. The number of ether oxygens (including phenoxy) is 3. The highest BCUT2D eigenvalue weighted by Gasteiger charge is 2.42. The minimum absolute atomic E-state index is 0.0299. The minimum atomic E-state index is -3.88. The van der Waals surface area contributed by atoms with Crippen LogP contribution in [0.15, 0.2) is 47.4 Å². The quantitative estimate of drug-likeness (QED) is 0.648. The van der Waals surface area contributed by atoms with Crippen molar-refractivity contribution < 1.29 is 27.4 Å². The van der Waals surface area contributed by atoms with E-state index in [1.165, 1.54) is 24.6 Å². The van der Waals surface area contributed by atoms with Gasteiger partial charge >= 0.3 is 0 Å². The third-order valence-electron chi connectivity index (χ3n) is 5.81. The third kappa shape index (κ3) is 4.99. The molecule has 2 aromatic carbocycles. The molecule has 0 bridgehead atoms. The summed E-state index contributed by atoms with van der Waals surface area (Å²) in [6.07, 6.45) is 1.18. The predicted molar refractivity (Wildman–Crippen MR) is 120 cm³/mol. The first-order valence-electron chi connectivity index (χ1n) is 10.4. The molecule has 1 saturated heterocycles. The van der Waals surface area contributed by atoms with Crippen LogP contribution < -0.4 is 19.5 Å². The Morgan fingerprint density at radius 3 is 2.31 bits per heavy atom. The number of sulfonamides is 1. The lowest BCUT2D eigenvalue weighted by atomic mass is 9.82. The van der Waals surface area contributed by atoms with Crippen molar-refractivity contribution in [2.75, 3.05) is 34.4 Å². The van der Waals surface area contributed by atoms with E-state index in [-0.39, 0.29) is 23.1 Å². The van der Waals surface area contributed by atoms with Gasteiger partial charge in [-0.3, -0.25) is 4.79 Å². The lowest BCUT2D eigenvalue weighted by Gasteiger charge is -2.38. The number of piperidine rings is 1. The number of hydrogen-bond acceptors (Lipinski definition) is 6. The van der Waals surface area contributed by atoms with Gasteiger partial charge in [-0.2, -0.15) is 4.31 Å². The number of carbonyl (C=O) groups is 1. The molecule has 8 nitrogen and oxygen atoms in total. The minimum Gasteiger partial charge on any atom is -0.497 e. The highest BCUT2D eigenvalue weighted by molar-refractivity contribution is 7.89. The van der Waals surface area contributed by atoms with E-state index in [0.29, 0.717) is 31.7 Å². The molecule has 1 heterocycles. The first kappa shape index (κ1) is 23.9. The second-order valence-electron chi connectivity index (χ2n) is 8.05. The number of methoxy groups -OCH3 is 3. The number of hydrogen-bond donors (Lipinski definition) is 1. The summed E-state index contributed by atoms with van der Waals surface area (Å²) in [6, 6.07) is 12.1. The van der Waals surface area contributed by atoms with Crippen LogP contribution in [0.3, 0.4) is 0 Å². The Hall–Kier alpha value is -2.78. The van der Waals surface area contributed by atoms with Gasteiger partial charge in [0, 0.05) is 25.7 Å². The van der Waals surface area contributed by atoms with Gasteiger partial charge in [-0.1, -0.05) is 12.1 Å². The van der Waals surface area contributed by atoms with Crippen LogP contribution in [0.25, 0.3) is 0 Å². The van der Waals surface area contributed by atoms with Crippen molar-refractivity contribution in [2.45, 2.75) is 31.2 Å². The molecule has 1 fully saturated rings. The second-order valence-corrected chi connectivity index (χ2v) is 9.96. The molecule has 0 aliphatic carbocycles. The summed E-state index contributed by atoms with van der Waals surface area (Å²) >= 11 is 0. The van der Waals surface area contributed by atoms with Crippen LogP contribution in [0.2, 0.25) is 0 Å². The standard InChI is InChI=1S/C23H30N2O6S/c1-23(22(26)24-15-17-6-8-18(29-2)9-7-17)12-5-13-25(16-23)32(27,28)21-14-19(30-3)10-11-20(21)31-4/h6-11,14H,5,12-13,15-16H2,1-4H3,(H,24,26)/t23-/m0/s1. The highest BCUT2D eigenvalue weighted by Crippen LogP contribution is 2.36. The molecule has 1 atom stereocenters. The van der Waals surface area contributed by atoms with E-state index in [1.54, 1.807) is 26.2 Å². The number of rotatable bonds is 8. The fourth-order valence-electron chi connectivity index (χ4n) is 3.85. The summed E-state index contributed by atoms with van der Waals surface area (Å²) in [7, 11) is 0.616. The van der Waals surface area contributed by atoms with Crippen LogP contribution in [0.5, 0.6) is 17.2 Å². The van der Waals surface area contributed by atoms with Crippen LogP contribution in [0.4, 0.5) is 0 Å². The van der Waals surface area contributed by atoms with Gasteiger partial charge in [-0.25, -0.2) is 8.42 Å². The van der Waals surface area contributed by atoms with Crippen LogP contribution in [0, 0.1) is 5.41 Å². The van der Waals surface area contributed by atoms with Crippen molar-refractivity contribution in [1.29, 1.82) is 0 Å². The van der Waals surface area contributed by atoms with Gasteiger partial charge in [-0.05, 0) is 49.6 Å². The molecule has 1 N–H and O–H groups in total. The summed E-state index contributed by atoms with van der Waals surface area (Å²) in [5.74, 6) is 1.22. The van der Waals surface area contributed by atoms with E-state index in [2.05, 4.69) is 5.32 Å². The van der Waals surface area contributed by atoms with E-state index >= 15 is 0 Å². The zero-order chi connectivity index (χ0) is 23.4. The summed E-state index contributed by atoms with van der Waals surface area (Å²) in [5.41, 5.74) is 0.0910. The van der Waals surface area contributed by atoms with Crippen LogP contribution in [-0.4, -0.2) is 53.0 Å². The number of nitrogens with zero attached hydrogens (tertiary/aromatic N) is 1. The average Bonchev–Trinajstić information content (AvgIpc) is 2.82. The number of nitrogens with one attached hydrogen (secondary N) is 1. The van der Waals surface area contributed by atoms with E-state index in [0.717, 1.165) is 11.3 Å².